The van der Waals surface area contributed by atoms with Crippen molar-refractivity contribution in [2.24, 2.45) is 4.99 Å². The van der Waals surface area contributed by atoms with Gasteiger partial charge in [-0.2, -0.15) is 0 Å². The van der Waals surface area contributed by atoms with Gasteiger partial charge in [0.2, 0.25) is 0 Å². The first-order valence-corrected chi connectivity index (χ1v) is 14.1. The van der Waals surface area contributed by atoms with Crippen molar-refractivity contribution in [2.45, 2.75) is 0 Å². The molecule has 1 aromatic heterocycles. The van der Waals surface area contributed by atoms with E-state index in [2.05, 4.69) is 132 Å². The van der Waals surface area contributed by atoms with Crippen molar-refractivity contribution in [2.75, 3.05) is 0 Å². The van der Waals surface area contributed by atoms with Crippen LogP contribution in [-0.2, 0) is 0 Å². The first kappa shape index (κ1) is 24.2. The van der Waals surface area contributed by atoms with Crippen LogP contribution in [0.15, 0.2) is 157 Å². The third kappa shape index (κ3) is 4.38. The molecule has 2 heterocycles. The van der Waals surface area contributed by atoms with Gasteiger partial charge in [0, 0.05) is 28.5 Å². The Kier molecular flexibility index (Phi) is 5.79. The second-order valence-electron chi connectivity index (χ2n) is 10.5. The molecule has 6 aromatic carbocycles. The predicted molar refractivity (Wildman–Crippen MR) is 174 cm³/mol. The van der Waals surface area contributed by atoms with Gasteiger partial charge in [-0.3, -0.25) is 4.99 Å². The summed E-state index contributed by atoms with van der Waals surface area (Å²) in [6, 6.07) is 48.9. The molecular formula is C39H25N3. The highest BCUT2D eigenvalue weighted by Gasteiger charge is 2.14. The van der Waals surface area contributed by atoms with Gasteiger partial charge in [0.15, 0.2) is 5.82 Å². The average Bonchev–Trinajstić information content (AvgIpc) is 3.04. The van der Waals surface area contributed by atoms with E-state index in [1.54, 1.807) is 0 Å². The Morgan fingerprint density at radius 2 is 1.05 bits per heavy atom. The van der Waals surface area contributed by atoms with Crippen LogP contribution in [0.25, 0.3) is 66.6 Å². The molecule has 0 saturated heterocycles. The van der Waals surface area contributed by atoms with Crippen molar-refractivity contribution in [3.63, 3.8) is 0 Å². The highest BCUT2D eigenvalue weighted by atomic mass is 14.9. The summed E-state index contributed by atoms with van der Waals surface area (Å²) in [5, 5.41) is 4.82. The van der Waals surface area contributed by atoms with E-state index in [0.29, 0.717) is 5.82 Å². The molecule has 0 saturated carbocycles. The number of nitrogens with zero attached hydrogens (tertiary/aromatic N) is 3. The minimum absolute atomic E-state index is 0.712. The Bertz CT molecular complexity index is 2190. The Morgan fingerprint density at radius 1 is 0.405 bits per heavy atom. The fourth-order valence-corrected chi connectivity index (χ4v) is 5.66. The molecule has 7 aromatic rings. The number of hydrogen-bond donors (Lipinski definition) is 0. The normalized spacial score (nSPS) is 12.3. The number of aliphatic imine (C=N–C) groups is 1. The fraction of sp³-hybridized carbons (Fsp3) is 0. The quantitative estimate of drug-likeness (QED) is 0.220. The van der Waals surface area contributed by atoms with Gasteiger partial charge in [-0.05, 0) is 69.1 Å². The molecule has 0 bridgehead atoms. The number of allylic oxidation sites excluding steroid dienone is 1. The van der Waals surface area contributed by atoms with Crippen molar-refractivity contribution >= 4 is 27.3 Å². The third-order valence-electron chi connectivity index (χ3n) is 7.88. The van der Waals surface area contributed by atoms with Crippen LogP contribution in [-0.4, -0.2) is 15.7 Å². The van der Waals surface area contributed by atoms with E-state index in [-0.39, 0.29) is 0 Å². The number of benzene rings is 6. The Hall–Kier alpha value is -5.67. The maximum absolute atomic E-state index is 5.08. The molecule has 0 radical (unpaired) electrons. The lowest BCUT2D eigenvalue weighted by atomic mass is 9.92. The van der Waals surface area contributed by atoms with Crippen LogP contribution in [0, 0.1) is 0 Å². The fourth-order valence-electron chi connectivity index (χ4n) is 5.66. The largest absolute Gasteiger partial charge is 0.256 e. The summed E-state index contributed by atoms with van der Waals surface area (Å²) in [5.74, 6) is 0.712. The molecular weight excluding hydrogens is 510 g/mol. The summed E-state index contributed by atoms with van der Waals surface area (Å²) in [7, 11) is 0. The van der Waals surface area contributed by atoms with Crippen molar-refractivity contribution in [3.8, 4) is 45.0 Å². The Balaban J connectivity index is 1.28. The molecule has 0 unspecified atom stereocenters. The average molecular weight is 536 g/mol. The van der Waals surface area contributed by atoms with E-state index in [1.807, 2.05) is 24.4 Å². The standard InChI is InChI=1S/C39H25N3/c1-2-10-27(11-3-1)39-41-37(25-38(42-39)32-18-17-26-9-4-5-12-28(26)21-32)31-15-8-14-29(22-31)33-23-30-13-6-7-16-34(30)35(24-33)36-19-20-40-36/h1-25H. The van der Waals surface area contributed by atoms with Gasteiger partial charge in [0.25, 0.3) is 0 Å². The van der Waals surface area contributed by atoms with Gasteiger partial charge in [0.05, 0.1) is 17.1 Å². The van der Waals surface area contributed by atoms with Crippen molar-refractivity contribution in [1.82, 2.24) is 9.97 Å². The minimum Gasteiger partial charge on any atom is -0.256 e. The van der Waals surface area contributed by atoms with E-state index in [9.17, 15) is 0 Å². The summed E-state index contributed by atoms with van der Waals surface area (Å²) in [6.07, 6.45) is 3.92. The van der Waals surface area contributed by atoms with E-state index in [0.717, 1.165) is 50.5 Å². The molecule has 0 fully saturated rings. The smallest absolute Gasteiger partial charge is 0.160 e. The second-order valence-corrected chi connectivity index (χ2v) is 10.5. The SMILES string of the molecule is C1=CC(c2cc(-c3cccc(-c4cc(-c5ccc6ccccc6c5)nc(-c5ccccc5)n4)c3)cc3ccccc23)=N1. The van der Waals surface area contributed by atoms with Crippen molar-refractivity contribution in [1.29, 1.82) is 0 Å². The summed E-state index contributed by atoms with van der Waals surface area (Å²) in [6.45, 7) is 0. The summed E-state index contributed by atoms with van der Waals surface area (Å²) < 4.78 is 0. The van der Waals surface area contributed by atoms with E-state index in [1.165, 1.54) is 21.5 Å². The second kappa shape index (κ2) is 10.1. The van der Waals surface area contributed by atoms with Gasteiger partial charge in [-0.1, -0.05) is 109 Å². The molecule has 0 atom stereocenters. The van der Waals surface area contributed by atoms with Crippen LogP contribution in [0.5, 0.6) is 0 Å². The molecule has 0 N–H and O–H groups in total. The molecule has 0 amide bonds. The van der Waals surface area contributed by atoms with E-state index >= 15 is 0 Å². The van der Waals surface area contributed by atoms with E-state index < -0.39 is 0 Å². The zero-order chi connectivity index (χ0) is 27.9. The van der Waals surface area contributed by atoms with Gasteiger partial charge in [-0.15, -0.1) is 0 Å². The number of aromatic nitrogens is 2. The van der Waals surface area contributed by atoms with Crippen LogP contribution in [0.4, 0.5) is 0 Å². The zero-order valence-electron chi connectivity index (χ0n) is 22.8. The highest BCUT2D eigenvalue weighted by Crippen LogP contribution is 2.34. The lowest BCUT2D eigenvalue weighted by Gasteiger charge is -2.14. The molecule has 1 aliphatic rings. The van der Waals surface area contributed by atoms with Crippen LogP contribution < -0.4 is 0 Å². The monoisotopic (exact) mass is 535 g/mol. The third-order valence-corrected chi connectivity index (χ3v) is 7.88. The lowest BCUT2D eigenvalue weighted by Crippen LogP contribution is -2.03. The van der Waals surface area contributed by atoms with Crippen molar-refractivity contribution in [3.05, 3.63) is 157 Å². The molecule has 8 rings (SSSR count). The number of rotatable bonds is 5. The van der Waals surface area contributed by atoms with Gasteiger partial charge >= 0.3 is 0 Å². The molecule has 1 aliphatic heterocycles. The first-order chi connectivity index (χ1) is 20.8. The first-order valence-electron chi connectivity index (χ1n) is 14.1. The van der Waals surface area contributed by atoms with Gasteiger partial charge in [-0.25, -0.2) is 9.97 Å². The minimum atomic E-state index is 0.712. The van der Waals surface area contributed by atoms with Crippen LogP contribution >= 0.6 is 0 Å². The lowest BCUT2D eigenvalue weighted by molar-refractivity contribution is 1.18. The van der Waals surface area contributed by atoms with Crippen LogP contribution in [0.2, 0.25) is 0 Å². The Labute approximate surface area is 244 Å². The van der Waals surface area contributed by atoms with Crippen molar-refractivity contribution < 1.29 is 0 Å². The summed E-state index contributed by atoms with van der Waals surface area (Å²) >= 11 is 0. The molecule has 42 heavy (non-hydrogen) atoms. The molecule has 0 spiro atoms. The highest BCUT2D eigenvalue weighted by molar-refractivity contribution is 6.19. The topological polar surface area (TPSA) is 38.1 Å². The van der Waals surface area contributed by atoms with Gasteiger partial charge in [0.1, 0.15) is 0 Å². The molecule has 0 aliphatic carbocycles. The number of hydrogen-bond acceptors (Lipinski definition) is 3. The van der Waals surface area contributed by atoms with Gasteiger partial charge < -0.3 is 0 Å². The molecule has 3 nitrogen and oxygen atoms in total. The maximum Gasteiger partial charge on any atom is 0.160 e. The van der Waals surface area contributed by atoms with Crippen LogP contribution in [0.3, 0.4) is 0 Å². The molecule has 3 heteroatoms. The van der Waals surface area contributed by atoms with Crippen LogP contribution in [0.1, 0.15) is 5.56 Å². The van der Waals surface area contributed by atoms with E-state index in [4.69, 9.17) is 9.97 Å². The predicted octanol–water partition coefficient (Wildman–Crippen LogP) is 9.77. The Morgan fingerprint density at radius 3 is 1.83 bits per heavy atom. The maximum atomic E-state index is 5.08. The summed E-state index contributed by atoms with van der Waals surface area (Å²) in [5.41, 5.74) is 9.36. The molecule has 196 valence electrons. The number of fused-ring (bicyclic) bond motifs is 2. The summed E-state index contributed by atoms with van der Waals surface area (Å²) in [4.78, 5) is 14.6. The zero-order valence-corrected chi connectivity index (χ0v) is 22.8.